The summed E-state index contributed by atoms with van der Waals surface area (Å²) in [5.41, 5.74) is 9.36. The largest absolute Gasteiger partial charge is 0.397 e. The first-order valence-electron chi connectivity index (χ1n) is 6.05. The molecule has 1 atom stereocenters. The van der Waals surface area contributed by atoms with Crippen molar-refractivity contribution in [1.29, 1.82) is 0 Å². The van der Waals surface area contributed by atoms with Gasteiger partial charge in [0, 0.05) is 16.4 Å². The van der Waals surface area contributed by atoms with Crippen molar-refractivity contribution in [1.82, 2.24) is 0 Å². The highest BCUT2D eigenvalue weighted by atomic mass is 35.5. The van der Waals surface area contributed by atoms with Crippen LogP contribution in [0.5, 0.6) is 0 Å². The third-order valence-corrected chi connectivity index (χ3v) is 4.81. The molecule has 1 unspecified atom stereocenters. The van der Waals surface area contributed by atoms with Gasteiger partial charge in [0.15, 0.2) is 0 Å². The Labute approximate surface area is 116 Å². The lowest BCUT2D eigenvalue weighted by Crippen LogP contribution is -2.33. The van der Waals surface area contributed by atoms with E-state index in [-0.39, 0.29) is 0 Å². The molecule has 2 nitrogen and oxygen atoms in total. The van der Waals surface area contributed by atoms with Crippen LogP contribution in [0.15, 0.2) is 29.6 Å². The van der Waals surface area contributed by atoms with Crippen LogP contribution in [0.25, 0.3) is 0 Å². The fourth-order valence-corrected chi connectivity index (χ4v) is 3.77. The standard InChI is InChI=1S/C14H15ClN2S/c1-9-11-5-7-18-14(11)4-6-17(9)13-3-2-10(15)8-12(13)16/h2-3,5,7-9H,4,6,16H2,1H3. The number of hydrogen-bond donors (Lipinski definition) is 1. The van der Waals surface area contributed by atoms with Gasteiger partial charge in [0.25, 0.3) is 0 Å². The molecule has 1 aliphatic heterocycles. The second-order valence-electron chi connectivity index (χ2n) is 4.62. The molecule has 0 saturated heterocycles. The van der Waals surface area contributed by atoms with Crippen LogP contribution < -0.4 is 10.6 Å². The highest BCUT2D eigenvalue weighted by Crippen LogP contribution is 2.38. The molecular formula is C14H15ClN2S. The molecule has 2 N–H and O–H groups in total. The Kier molecular flexibility index (Phi) is 2.96. The lowest BCUT2D eigenvalue weighted by atomic mass is 10.0. The fraction of sp³-hybridized carbons (Fsp3) is 0.286. The van der Waals surface area contributed by atoms with Crippen molar-refractivity contribution < 1.29 is 0 Å². The average Bonchev–Trinajstić information content (AvgIpc) is 2.80. The summed E-state index contributed by atoms with van der Waals surface area (Å²) in [7, 11) is 0. The molecule has 0 aliphatic carbocycles. The van der Waals surface area contributed by atoms with E-state index in [2.05, 4.69) is 23.3 Å². The van der Waals surface area contributed by atoms with E-state index in [1.165, 1.54) is 10.4 Å². The smallest absolute Gasteiger partial charge is 0.0606 e. The molecule has 1 aromatic heterocycles. The van der Waals surface area contributed by atoms with E-state index in [0.717, 1.165) is 24.3 Å². The van der Waals surface area contributed by atoms with Crippen molar-refractivity contribution in [2.45, 2.75) is 19.4 Å². The molecule has 0 saturated carbocycles. The molecule has 0 fully saturated rings. The summed E-state index contributed by atoms with van der Waals surface area (Å²) < 4.78 is 0. The number of nitrogens with two attached hydrogens (primary N) is 1. The number of anilines is 2. The summed E-state index contributed by atoms with van der Waals surface area (Å²) in [6, 6.07) is 8.35. The number of nitrogens with zero attached hydrogens (tertiary/aromatic N) is 1. The first-order chi connectivity index (χ1) is 8.66. The quantitative estimate of drug-likeness (QED) is 0.796. The molecule has 0 bridgehead atoms. The van der Waals surface area contributed by atoms with E-state index in [4.69, 9.17) is 17.3 Å². The Morgan fingerprint density at radius 2 is 2.22 bits per heavy atom. The van der Waals surface area contributed by atoms with Crippen LogP contribution in [-0.4, -0.2) is 6.54 Å². The summed E-state index contributed by atoms with van der Waals surface area (Å²) >= 11 is 7.81. The Hall–Kier alpha value is -1.19. The summed E-state index contributed by atoms with van der Waals surface area (Å²) in [6.45, 7) is 3.25. The molecule has 2 heterocycles. The third kappa shape index (κ3) is 1.88. The van der Waals surface area contributed by atoms with Crippen LogP contribution in [0, 0.1) is 0 Å². The second kappa shape index (κ2) is 4.48. The minimum Gasteiger partial charge on any atom is -0.397 e. The lowest BCUT2D eigenvalue weighted by molar-refractivity contribution is 0.634. The van der Waals surface area contributed by atoms with Gasteiger partial charge in [0.2, 0.25) is 0 Å². The molecule has 0 spiro atoms. The van der Waals surface area contributed by atoms with Gasteiger partial charge < -0.3 is 10.6 Å². The van der Waals surface area contributed by atoms with Gasteiger partial charge in [-0.1, -0.05) is 11.6 Å². The van der Waals surface area contributed by atoms with Gasteiger partial charge in [0.1, 0.15) is 0 Å². The summed E-state index contributed by atoms with van der Waals surface area (Å²) in [4.78, 5) is 3.87. The second-order valence-corrected chi connectivity index (χ2v) is 6.06. The zero-order chi connectivity index (χ0) is 12.7. The monoisotopic (exact) mass is 278 g/mol. The van der Waals surface area contributed by atoms with Gasteiger partial charge in [-0.15, -0.1) is 11.3 Å². The molecule has 2 aromatic rings. The Balaban J connectivity index is 1.99. The van der Waals surface area contributed by atoms with E-state index in [0.29, 0.717) is 11.1 Å². The zero-order valence-electron chi connectivity index (χ0n) is 10.2. The topological polar surface area (TPSA) is 29.3 Å². The molecule has 0 amide bonds. The first-order valence-corrected chi connectivity index (χ1v) is 7.30. The Bertz CT molecular complexity index is 579. The van der Waals surface area contributed by atoms with Crippen LogP contribution in [0.3, 0.4) is 0 Å². The first kappa shape index (κ1) is 11.9. The normalized spacial score (nSPS) is 18.8. The molecule has 3 rings (SSSR count). The fourth-order valence-electron chi connectivity index (χ4n) is 2.63. The maximum absolute atomic E-state index is 6.09. The van der Waals surface area contributed by atoms with E-state index < -0.39 is 0 Å². The molecule has 0 radical (unpaired) electrons. The number of fused-ring (bicyclic) bond motifs is 1. The van der Waals surface area contributed by atoms with E-state index >= 15 is 0 Å². The molecule has 94 valence electrons. The minimum absolute atomic E-state index is 0.378. The average molecular weight is 279 g/mol. The van der Waals surface area contributed by atoms with Crippen molar-refractivity contribution in [2.24, 2.45) is 0 Å². The maximum atomic E-state index is 6.09. The van der Waals surface area contributed by atoms with Gasteiger partial charge in [-0.2, -0.15) is 0 Å². The molecule has 1 aliphatic rings. The number of rotatable bonds is 1. The molecular weight excluding hydrogens is 264 g/mol. The van der Waals surface area contributed by atoms with Crippen molar-refractivity contribution in [3.8, 4) is 0 Å². The zero-order valence-corrected chi connectivity index (χ0v) is 11.8. The maximum Gasteiger partial charge on any atom is 0.0606 e. The van der Waals surface area contributed by atoms with Gasteiger partial charge in [-0.25, -0.2) is 0 Å². The van der Waals surface area contributed by atoms with Crippen molar-refractivity contribution >= 4 is 34.3 Å². The highest BCUT2D eigenvalue weighted by molar-refractivity contribution is 7.10. The summed E-state index contributed by atoms with van der Waals surface area (Å²) in [5, 5.41) is 2.87. The Morgan fingerprint density at radius 1 is 1.39 bits per heavy atom. The molecule has 1 aromatic carbocycles. The number of halogens is 1. The predicted octanol–water partition coefficient (Wildman–Crippen LogP) is 4.11. The third-order valence-electron chi connectivity index (χ3n) is 3.58. The summed E-state index contributed by atoms with van der Waals surface area (Å²) in [6.07, 6.45) is 1.10. The number of benzene rings is 1. The number of thiophene rings is 1. The van der Waals surface area contributed by atoms with E-state index in [1.807, 2.05) is 29.5 Å². The van der Waals surface area contributed by atoms with Gasteiger partial charge in [-0.05, 0) is 48.6 Å². The van der Waals surface area contributed by atoms with Crippen molar-refractivity contribution in [2.75, 3.05) is 17.2 Å². The Morgan fingerprint density at radius 3 is 3.00 bits per heavy atom. The van der Waals surface area contributed by atoms with E-state index in [1.54, 1.807) is 0 Å². The molecule has 18 heavy (non-hydrogen) atoms. The van der Waals surface area contributed by atoms with Crippen LogP contribution in [0.2, 0.25) is 5.02 Å². The van der Waals surface area contributed by atoms with Crippen molar-refractivity contribution in [3.63, 3.8) is 0 Å². The van der Waals surface area contributed by atoms with Gasteiger partial charge in [-0.3, -0.25) is 0 Å². The number of nitrogen functional groups attached to an aromatic ring is 1. The van der Waals surface area contributed by atoms with Crippen LogP contribution >= 0.6 is 22.9 Å². The molecule has 4 heteroatoms. The van der Waals surface area contributed by atoms with Crippen LogP contribution in [-0.2, 0) is 6.42 Å². The minimum atomic E-state index is 0.378. The van der Waals surface area contributed by atoms with Gasteiger partial charge >= 0.3 is 0 Å². The van der Waals surface area contributed by atoms with E-state index in [9.17, 15) is 0 Å². The van der Waals surface area contributed by atoms with Gasteiger partial charge in [0.05, 0.1) is 17.4 Å². The summed E-state index contributed by atoms with van der Waals surface area (Å²) in [5.74, 6) is 0. The number of hydrogen-bond acceptors (Lipinski definition) is 3. The highest BCUT2D eigenvalue weighted by Gasteiger charge is 2.25. The van der Waals surface area contributed by atoms with Crippen LogP contribution in [0.1, 0.15) is 23.4 Å². The lowest BCUT2D eigenvalue weighted by Gasteiger charge is -2.36. The SMILES string of the molecule is CC1c2ccsc2CCN1c1ccc(Cl)cc1N. The van der Waals surface area contributed by atoms with Crippen molar-refractivity contribution in [3.05, 3.63) is 45.1 Å². The van der Waals surface area contributed by atoms with Crippen LogP contribution in [0.4, 0.5) is 11.4 Å². The predicted molar refractivity (Wildman–Crippen MR) is 79.6 cm³/mol.